The van der Waals surface area contributed by atoms with Gasteiger partial charge in [-0.3, -0.25) is 9.36 Å². The number of aryl methyl sites for hydroxylation is 1. The maximum Gasteiger partial charge on any atom is 0.345 e. The van der Waals surface area contributed by atoms with Gasteiger partial charge in [0.25, 0.3) is 0 Å². The lowest BCUT2D eigenvalue weighted by molar-refractivity contribution is -0.134. The van der Waals surface area contributed by atoms with Crippen LogP contribution in [0.5, 0.6) is 0 Å². The van der Waals surface area contributed by atoms with Crippen molar-refractivity contribution in [2.75, 3.05) is 6.54 Å². The second kappa shape index (κ2) is 5.17. The summed E-state index contributed by atoms with van der Waals surface area (Å²) in [7, 11) is 1.61. The van der Waals surface area contributed by atoms with E-state index in [1.165, 1.54) is 4.68 Å². The highest BCUT2D eigenvalue weighted by molar-refractivity contribution is 5.83. The van der Waals surface area contributed by atoms with E-state index in [4.69, 9.17) is 5.73 Å². The van der Waals surface area contributed by atoms with Crippen molar-refractivity contribution in [2.24, 2.45) is 12.8 Å². The topological polar surface area (TPSA) is 86.2 Å². The van der Waals surface area contributed by atoms with Gasteiger partial charge in [-0.25, -0.2) is 9.48 Å². The first-order valence-electron chi connectivity index (χ1n) is 6.80. The van der Waals surface area contributed by atoms with Crippen LogP contribution in [-0.2, 0) is 24.9 Å². The molecule has 0 bridgehead atoms. The Labute approximate surface area is 121 Å². The maximum absolute atomic E-state index is 12.5. The molecular weight excluding hydrogens is 270 g/mol. The van der Waals surface area contributed by atoms with E-state index in [0.717, 1.165) is 5.56 Å². The Bertz CT molecular complexity index is 719. The fraction of sp³-hybridized carbons (Fsp3) is 0.357. The first-order valence-corrected chi connectivity index (χ1v) is 6.80. The number of nitrogens with two attached hydrogens (primary N) is 1. The van der Waals surface area contributed by atoms with Gasteiger partial charge in [0.05, 0.1) is 6.54 Å². The lowest BCUT2D eigenvalue weighted by Crippen LogP contribution is -2.44. The molecule has 3 rings (SSSR count). The van der Waals surface area contributed by atoms with Gasteiger partial charge in [-0.1, -0.05) is 30.3 Å². The predicted octanol–water partition coefficient (Wildman–Crippen LogP) is -0.376. The first-order chi connectivity index (χ1) is 10.1. The quantitative estimate of drug-likeness (QED) is 0.816. The Hall–Kier alpha value is -2.41. The van der Waals surface area contributed by atoms with Crippen LogP contribution in [0.3, 0.4) is 0 Å². The van der Waals surface area contributed by atoms with Crippen LogP contribution in [-0.4, -0.2) is 31.7 Å². The Morgan fingerprint density at radius 1 is 1.29 bits per heavy atom. The highest BCUT2D eigenvalue weighted by Crippen LogP contribution is 2.16. The van der Waals surface area contributed by atoms with E-state index in [-0.39, 0.29) is 11.6 Å². The molecule has 1 aliphatic rings. The van der Waals surface area contributed by atoms with E-state index >= 15 is 0 Å². The van der Waals surface area contributed by atoms with Crippen LogP contribution in [0, 0.1) is 0 Å². The monoisotopic (exact) mass is 287 g/mol. The average molecular weight is 287 g/mol. The number of hydrogen-bond donors (Lipinski definition) is 1. The molecule has 1 aromatic heterocycles. The number of carbonyl (C=O) groups is 1. The highest BCUT2D eigenvalue weighted by Gasteiger charge is 2.28. The first kappa shape index (κ1) is 13.6. The molecule has 1 atom stereocenters. The fourth-order valence-electron chi connectivity index (χ4n) is 2.55. The number of amides is 1. The normalized spacial score (nSPS) is 15.6. The number of fused-ring (bicyclic) bond motifs is 1. The van der Waals surface area contributed by atoms with Gasteiger partial charge in [0.1, 0.15) is 6.04 Å². The van der Waals surface area contributed by atoms with Crippen molar-refractivity contribution in [3.05, 3.63) is 52.2 Å². The minimum atomic E-state index is -0.687. The number of nitrogens with zero attached hydrogens (tertiary/aromatic N) is 4. The minimum absolute atomic E-state index is 0.148. The van der Waals surface area contributed by atoms with Gasteiger partial charge in [0.15, 0.2) is 5.82 Å². The van der Waals surface area contributed by atoms with Crippen molar-refractivity contribution in [1.82, 2.24) is 19.2 Å². The smallest absolute Gasteiger partial charge is 0.332 e. The third kappa shape index (κ3) is 2.36. The second-order valence-corrected chi connectivity index (χ2v) is 5.12. The van der Waals surface area contributed by atoms with Gasteiger partial charge in [-0.2, -0.15) is 5.10 Å². The summed E-state index contributed by atoms with van der Waals surface area (Å²) in [5, 5.41) is 4.15. The number of benzene rings is 1. The van der Waals surface area contributed by atoms with Gasteiger partial charge in [0.2, 0.25) is 5.91 Å². The number of carbonyl (C=O) groups excluding carboxylic acids is 1. The second-order valence-electron chi connectivity index (χ2n) is 5.12. The Balaban J connectivity index is 1.80. The van der Waals surface area contributed by atoms with E-state index in [1.807, 2.05) is 30.3 Å². The summed E-state index contributed by atoms with van der Waals surface area (Å²) in [6, 6.07) is 8.58. The molecule has 21 heavy (non-hydrogen) atoms. The van der Waals surface area contributed by atoms with E-state index in [1.54, 1.807) is 16.5 Å². The Kier molecular flexibility index (Phi) is 3.34. The van der Waals surface area contributed by atoms with Crippen molar-refractivity contribution in [1.29, 1.82) is 0 Å². The SMILES string of the molecule is Cn1nc2n(c1=O)CCN(C(=O)C(N)c1ccccc1)C2. The molecule has 0 aliphatic carbocycles. The van der Waals surface area contributed by atoms with Crippen LogP contribution in [0.4, 0.5) is 0 Å². The zero-order chi connectivity index (χ0) is 15.0. The van der Waals surface area contributed by atoms with Gasteiger partial charge in [-0.05, 0) is 5.56 Å². The number of aromatic nitrogens is 3. The summed E-state index contributed by atoms with van der Waals surface area (Å²) < 4.78 is 2.89. The summed E-state index contributed by atoms with van der Waals surface area (Å²) in [5.74, 6) is 0.452. The van der Waals surface area contributed by atoms with Crippen LogP contribution in [0.2, 0.25) is 0 Å². The van der Waals surface area contributed by atoms with Crippen LogP contribution in [0.15, 0.2) is 35.1 Å². The van der Waals surface area contributed by atoms with Crippen LogP contribution in [0.1, 0.15) is 17.4 Å². The summed E-state index contributed by atoms with van der Waals surface area (Å²) in [4.78, 5) is 25.9. The van der Waals surface area contributed by atoms with E-state index in [0.29, 0.717) is 25.5 Å². The molecule has 0 radical (unpaired) electrons. The van der Waals surface area contributed by atoms with Crippen molar-refractivity contribution in [3.63, 3.8) is 0 Å². The molecule has 1 amide bonds. The van der Waals surface area contributed by atoms with E-state index in [2.05, 4.69) is 5.10 Å². The van der Waals surface area contributed by atoms with Crippen LogP contribution < -0.4 is 11.4 Å². The van der Waals surface area contributed by atoms with Gasteiger partial charge in [0, 0.05) is 20.1 Å². The zero-order valence-corrected chi connectivity index (χ0v) is 11.8. The molecular formula is C14H17N5O2. The summed E-state index contributed by atoms with van der Waals surface area (Å²) >= 11 is 0. The predicted molar refractivity (Wildman–Crippen MR) is 76.3 cm³/mol. The molecule has 0 spiro atoms. The molecule has 1 aliphatic heterocycles. The molecule has 110 valence electrons. The molecule has 7 nitrogen and oxygen atoms in total. The molecule has 1 unspecified atom stereocenters. The lowest BCUT2D eigenvalue weighted by Gasteiger charge is -2.29. The minimum Gasteiger partial charge on any atom is -0.332 e. The standard InChI is InChI=1S/C14H17N5O2/c1-17-14(21)19-8-7-18(9-11(19)16-17)13(20)12(15)10-5-3-2-4-6-10/h2-6,12H,7-9,15H2,1H3. The highest BCUT2D eigenvalue weighted by atomic mass is 16.2. The largest absolute Gasteiger partial charge is 0.345 e. The van der Waals surface area contributed by atoms with Crippen molar-refractivity contribution in [3.8, 4) is 0 Å². The molecule has 2 N–H and O–H groups in total. The van der Waals surface area contributed by atoms with Gasteiger partial charge in [-0.15, -0.1) is 0 Å². The molecule has 7 heteroatoms. The summed E-state index contributed by atoms with van der Waals surface area (Å²) in [6.07, 6.45) is 0. The average Bonchev–Trinajstić information content (AvgIpc) is 2.81. The molecule has 0 fully saturated rings. The zero-order valence-electron chi connectivity index (χ0n) is 11.8. The third-order valence-electron chi connectivity index (χ3n) is 3.75. The summed E-state index contributed by atoms with van der Waals surface area (Å²) in [5.41, 5.74) is 6.67. The van der Waals surface area contributed by atoms with E-state index < -0.39 is 6.04 Å². The fourth-order valence-corrected chi connectivity index (χ4v) is 2.55. The van der Waals surface area contributed by atoms with Gasteiger partial charge < -0.3 is 10.6 Å². The lowest BCUT2D eigenvalue weighted by atomic mass is 10.1. The van der Waals surface area contributed by atoms with Crippen molar-refractivity contribution < 1.29 is 4.79 Å². The van der Waals surface area contributed by atoms with Crippen LogP contribution in [0.25, 0.3) is 0 Å². The Morgan fingerprint density at radius 2 is 2.00 bits per heavy atom. The third-order valence-corrected chi connectivity index (χ3v) is 3.75. The Morgan fingerprint density at radius 3 is 2.71 bits per heavy atom. The summed E-state index contributed by atoms with van der Waals surface area (Å²) in [6.45, 7) is 1.24. The van der Waals surface area contributed by atoms with Crippen molar-refractivity contribution >= 4 is 5.91 Å². The van der Waals surface area contributed by atoms with Crippen molar-refractivity contribution in [2.45, 2.75) is 19.1 Å². The molecule has 2 aromatic rings. The molecule has 2 heterocycles. The maximum atomic E-state index is 12.5. The number of rotatable bonds is 2. The molecule has 0 saturated heterocycles. The molecule has 0 saturated carbocycles. The van der Waals surface area contributed by atoms with E-state index in [9.17, 15) is 9.59 Å². The van der Waals surface area contributed by atoms with Crippen LogP contribution >= 0.6 is 0 Å². The number of hydrogen-bond acceptors (Lipinski definition) is 4. The molecule has 1 aromatic carbocycles. The van der Waals surface area contributed by atoms with Gasteiger partial charge >= 0.3 is 5.69 Å².